The van der Waals surface area contributed by atoms with Gasteiger partial charge in [-0.05, 0) is 23.3 Å². The van der Waals surface area contributed by atoms with Crippen LogP contribution in [0.2, 0.25) is 0 Å². The van der Waals surface area contributed by atoms with Gasteiger partial charge in [0.2, 0.25) is 0 Å². The van der Waals surface area contributed by atoms with Crippen molar-refractivity contribution >= 4 is 11.8 Å². The molecule has 2 aromatic rings. The summed E-state index contributed by atoms with van der Waals surface area (Å²) in [5, 5.41) is 12.2. The summed E-state index contributed by atoms with van der Waals surface area (Å²) < 4.78 is 4.71. The Bertz CT molecular complexity index is 599. The van der Waals surface area contributed by atoms with Crippen LogP contribution in [0.5, 0.6) is 0 Å². The summed E-state index contributed by atoms with van der Waals surface area (Å²) in [7, 11) is 1.34. The molecule has 0 saturated carbocycles. The van der Waals surface area contributed by atoms with Crippen LogP contribution in [-0.2, 0) is 17.9 Å². The molecule has 20 heavy (non-hydrogen) atoms. The first kappa shape index (κ1) is 14.0. The number of pyridine rings is 1. The molecule has 0 amide bonds. The average Bonchev–Trinajstić information content (AvgIpc) is 2.52. The maximum atomic E-state index is 11.6. The molecule has 0 saturated heterocycles. The standard InChI is InChI=1S/C15H16N2O3/c1-20-15(19)13-6-3-7-16-14(13)17-9-11-4-2-5-12(8-11)10-18/h2-8,18H,9-10H2,1H3,(H,16,17). The first-order chi connectivity index (χ1) is 9.74. The molecule has 0 atom stereocenters. The molecular formula is C15H16N2O3. The van der Waals surface area contributed by atoms with Crippen molar-refractivity contribution in [2.75, 3.05) is 12.4 Å². The highest BCUT2D eigenvalue weighted by Gasteiger charge is 2.11. The monoisotopic (exact) mass is 272 g/mol. The number of nitrogens with one attached hydrogen (secondary N) is 1. The van der Waals surface area contributed by atoms with Gasteiger partial charge in [-0.1, -0.05) is 24.3 Å². The molecule has 1 aromatic heterocycles. The van der Waals surface area contributed by atoms with E-state index in [0.717, 1.165) is 11.1 Å². The first-order valence-electron chi connectivity index (χ1n) is 6.20. The fourth-order valence-corrected chi connectivity index (χ4v) is 1.84. The highest BCUT2D eigenvalue weighted by atomic mass is 16.5. The van der Waals surface area contributed by atoms with E-state index in [-0.39, 0.29) is 6.61 Å². The first-order valence-corrected chi connectivity index (χ1v) is 6.20. The number of aromatic nitrogens is 1. The van der Waals surface area contributed by atoms with E-state index >= 15 is 0 Å². The largest absolute Gasteiger partial charge is 0.465 e. The number of carbonyl (C=O) groups excluding carboxylic acids is 1. The van der Waals surface area contributed by atoms with Gasteiger partial charge in [-0.25, -0.2) is 9.78 Å². The fraction of sp³-hybridized carbons (Fsp3) is 0.200. The van der Waals surface area contributed by atoms with Crippen molar-refractivity contribution in [1.82, 2.24) is 4.98 Å². The molecule has 0 unspecified atom stereocenters. The molecule has 104 valence electrons. The minimum absolute atomic E-state index is 0.00480. The van der Waals surface area contributed by atoms with Crippen molar-refractivity contribution in [3.05, 3.63) is 59.3 Å². The molecule has 5 heteroatoms. The van der Waals surface area contributed by atoms with Crippen molar-refractivity contribution in [2.45, 2.75) is 13.2 Å². The summed E-state index contributed by atoms with van der Waals surface area (Å²) in [6, 6.07) is 10.9. The van der Waals surface area contributed by atoms with E-state index in [1.54, 1.807) is 18.3 Å². The third-order valence-electron chi connectivity index (χ3n) is 2.85. The normalized spacial score (nSPS) is 10.1. The highest BCUT2D eigenvalue weighted by Crippen LogP contribution is 2.14. The Balaban J connectivity index is 2.12. The summed E-state index contributed by atoms with van der Waals surface area (Å²) in [6.07, 6.45) is 1.61. The Morgan fingerprint density at radius 2 is 2.10 bits per heavy atom. The highest BCUT2D eigenvalue weighted by molar-refractivity contribution is 5.94. The Kier molecular flexibility index (Phi) is 4.68. The van der Waals surface area contributed by atoms with Gasteiger partial charge in [-0.2, -0.15) is 0 Å². The van der Waals surface area contributed by atoms with Crippen molar-refractivity contribution in [3.63, 3.8) is 0 Å². The lowest BCUT2D eigenvalue weighted by Crippen LogP contribution is -2.09. The van der Waals surface area contributed by atoms with Gasteiger partial charge in [0.15, 0.2) is 0 Å². The smallest absolute Gasteiger partial charge is 0.341 e. The fourth-order valence-electron chi connectivity index (χ4n) is 1.84. The number of hydrogen-bond acceptors (Lipinski definition) is 5. The maximum absolute atomic E-state index is 11.6. The van der Waals surface area contributed by atoms with Gasteiger partial charge in [0, 0.05) is 12.7 Å². The number of carbonyl (C=O) groups is 1. The Labute approximate surface area is 117 Å². The number of nitrogens with zero attached hydrogens (tertiary/aromatic N) is 1. The van der Waals surface area contributed by atoms with E-state index in [2.05, 4.69) is 10.3 Å². The molecule has 1 heterocycles. The van der Waals surface area contributed by atoms with Crippen molar-refractivity contribution in [2.24, 2.45) is 0 Å². The second-order valence-corrected chi connectivity index (χ2v) is 4.22. The molecule has 0 aliphatic rings. The molecule has 0 radical (unpaired) electrons. The Morgan fingerprint density at radius 1 is 1.30 bits per heavy atom. The summed E-state index contributed by atoms with van der Waals surface area (Å²) in [4.78, 5) is 15.8. The van der Waals surface area contributed by atoms with Gasteiger partial charge in [-0.3, -0.25) is 0 Å². The molecule has 0 bridgehead atoms. The van der Waals surface area contributed by atoms with E-state index in [1.807, 2.05) is 24.3 Å². The van der Waals surface area contributed by atoms with Gasteiger partial charge in [-0.15, -0.1) is 0 Å². The number of anilines is 1. The molecule has 0 aliphatic carbocycles. The van der Waals surface area contributed by atoms with Crippen LogP contribution >= 0.6 is 0 Å². The zero-order valence-corrected chi connectivity index (χ0v) is 11.2. The number of esters is 1. The Morgan fingerprint density at radius 3 is 2.85 bits per heavy atom. The lowest BCUT2D eigenvalue weighted by atomic mass is 10.1. The average molecular weight is 272 g/mol. The zero-order chi connectivity index (χ0) is 14.4. The molecule has 0 aliphatic heterocycles. The van der Waals surface area contributed by atoms with Crippen molar-refractivity contribution in [3.8, 4) is 0 Å². The van der Waals surface area contributed by atoms with Crippen molar-refractivity contribution < 1.29 is 14.6 Å². The number of ether oxygens (including phenoxy) is 1. The maximum Gasteiger partial charge on any atom is 0.341 e. The number of aliphatic hydroxyl groups is 1. The molecule has 0 fully saturated rings. The van der Waals surface area contributed by atoms with Gasteiger partial charge < -0.3 is 15.2 Å². The molecule has 5 nitrogen and oxygen atoms in total. The Hall–Kier alpha value is -2.40. The van der Waals surface area contributed by atoms with Crippen LogP contribution in [0.25, 0.3) is 0 Å². The van der Waals surface area contributed by atoms with Gasteiger partial charge >= 0.3 is 5.97 Å². The topological polar surface area (TPSA) is 71.5 Å². The van der Waals surface area contributed by atoms with Gasteiger partial charge in [0.25, 0.3) is 0 Å². The van der Waals surface area contributed by atoms with Gasteiger partial charge in [0.05, 0.1) is 13.7 Å². The molecular weight excluding hydrogens is 256 g/mol. The van der Waals surface area contributed by atoms with Crippen LogP contribution in [0, 0.1) is 0 Å². The van der Waals surface area contributed by atoms with Crippen LogP contribution < -0.4 is 5.32 Å². The summed E-state index contributed by atoms with van der Waals surface area (Å²) in [5.41, 5.74) is 2.24. The number of methoxy groups -OCH3 is 1. The SMILES string of the molecule is COC(=O)c1cccnc1NCc1cccc(CO)c1. The quantitative estimate of drug-likeness (QED) is 0.814. The predicted octanol–water partition coefficient (Wildman–Crippen LogP) is 1.97. The van der Waals surface area contributed by atoms with Crippen LogP contribution in [0.3, 0.4) is 0 Å². The minimum atomic E-state index is -0.426. The van der Waals surface area contributed by atoms with E-state index in [4.69, 9.17) is 9.84 Å². The zero-order valence-electron chi connectivity index (χ0n) is 11.2. The van der Waals surface area contributed by atoms with Crippen molar-refractivity contribution in [1.29, 1.82) is 0 Å². The lowest BCUT2D eigenvalue weighted by Gasteiger charge is -2.10. The minimum Gasteiger partial charge on any atom is -0.465 e. The van der Waals surface area contributed by atoms with Gasteiger partial charge in [0.1, 0.15) is 11.4 Å². The summed E-state index contributed by atoms with van der Waals surface area (Å²) >= 11 is 0. The number of rotatable bonds is 5. The molecule has 0 spiro atoms. The van der Waals surface area contributed by atoms with E-state index in [9.17, 15) is 4.79 Å². The van der Waals surface area contributed by atoms with E-state index in [0.29, 0.717) is 17.9 Å². The van der Waals surface area contributed by atoms with E-state index in [1.165, 1.54) is 7.11 Å². The molecule has 2 rings (SSSR count). The number of hydrogen-bond donors (Lipinski definition) is 2. The van der Waals surface area contributed by atoms with Crippen LogP contribution in [0.1, 0.15) is 21.5 Å². The third-order valence-corrected chi connectivity index (χ3v) is 2.85. The van der Waals surface area contributed by atoms with Crippen LogP contribution in [0.4, 0.5) is 5.82 Å². The van der Waals surface area contributed by atoms with Crippen LogP contribution in [0.15, 0.2) is 42.6 Å². The number of aliphatic hydroxyl groups excluding tert-OH is 1. The predicted molar refractivity (Wildman–Crippen MR) is 75.3 cm³/mol. The number of benzene rings is 1. The van der Waals surface area contributed by atoms with Crippen LogP contribution in [-0.4, -0.2) is 23.2 Å². The molecule has 2 N–H and O–H groups in total. The second-order valence-electron chi connectivity index (χ2n) is 4.22. The third kappa shape index (κ3) is 3.33. The molecule has 1 aromatic carbocycles. The lowest BCUT2D eigenvalue weighted by molar-refractivity contribution is 0.0601. The summed E-state index contributed by atoms with van der Waals surface area (Å²) in [6.45, 7) is 0.514. The van der Waals surface area contributed by atoms with E-state index < -0.39 is 5.97 Å². The second kappa shape index (κ2) is 6.68. The summed E-state index contributed by atoms with van der Waals surface area (Å²) in [5.74, 6) is 0.0541.